The normalized spacial score (nSPS) is 34.0. The van der Waals surface area contributed by atoms with Crippen molar-refractivity contribution in [3.63, 3.8) is 0 Å². The summed E-state index contributed by atoms with van der Waals surface area (Å²) >= 11 is 0. The van der Waals surface area contributed by atoms with Gasteiger partial charge in [0.05, 0.1) is 6.04 Å². The number of allylic oxidation sites excluding steroid dienone is 2. The third kappa shape index (κ3) is 4.79. The second-order valence-electron chi connectivity index (χ2n) is 13.0. The number of ether oxygens (including phenoxy) is 1. The van der Waals surface area contributed by atoms with E-state index in [1.54, 1.807) is 0 Å². The van der Waals surface area contributed by atoms with Gasteiger partial charge in [0.25, 0.3) is 0 Å². The Hall–Kier alpha value is -3.08. The summed E-state index contributed by atoms with van der Waals surface area (Å²) in [6.45, 7) is 6.82. The minimum absolute atomic E-state index is 0.00265. The zero-order valence-electron chi connectivity index (χ0n) is 23.5. The van der Waals surface area contributed by atoms with Crippen LogP contribution in [0.3, 0.4) is 0 Å². The quantitative estimate of drug-likeness (QED) is 0.440. The molecule has 4 aliphatic rings. The maximum Gasteiger partial charge on any atom is 0.407 e. The van der Waals surface area contributed by atoms with Gasteiger partial charge >= 0.3 is 6.09 Å². The van der Waals surface area contributed by atoms with E-state index in [1.165, 1.54) is 11.1 Å². The maximum atomic E-state index is 13.4. The highest BCUT2D eigenvalue weighted by molar-refractivity contribution is 5.79. The number of piperidine rings is 1. The van der Waals surface area contributed by atoms with Crippen LogP contribution in [0.1, 0.15) is 81.5 Å². The lowest BCUT2D eigenvalue weighted by Crippen LogP contribution is -2.54. The SMILES string of the molecule is Cc1ccc(CC(NC(=O)O[C@H]2CC[C@H]3[C@@H]4CC=C5NC(=O)CC[C@]5(C)[C@H]4CC[C@]23C)c2ccccc2)cc1. The highest BCUT2D eigenvalue weighted by Crippen LogP contribution is 2.64. The van der Waals surface area contributed by atoms with Crippen LogP contribution in [0.2, 0.25) is 0 Å². The largest absolute Gasteiger partial charge is 0.446 e. The molecule has 2 amide bonds. The summed E-state index contributed by atoms with van der Waals surface area (Å²) in [7, 11) is 0. The average molecular weight is 527 g/mol. The van der Waals surface area contributed by atoms with Gasteiger partial charge in [-0.2, -0.15) is 0 Å². The van der Waals surface area contributed by atoms with Crippen LogP contribution in [0.15, 0.2) is 66.4 Å². The van der Waals surface area contributed by atoms with E-state index in [0.717, 1.165) is 56.2 Å². The molecule has 39 heavy (non-hydrogen) atoms. The summed E-state index contributed by atoms with van der Waals surface area (Å²) in [6, 6.07) is 18.6. The molecule has 0 spiro atoms. The predicted molar refractivity (Wildman–Crippen MR) is 153 cm³/mol. The Bertz CT molecular complexity index is 1250. The molecule has 0 radical (unpaired) electrons. The second-order valence-corrected chi connectivity index (χ2v) is 13.0. The van der Waals surface area contributed by atoms with Crippen LogP contribution in [-0.2, 0) is 16.0 Å². The molecule has 1 saturated heterocycles. The van der Waals surface area contributed by atoms with Crippen molar-refractivity contribution in [3.05, 3.63) is 83.1 Å². The number of hydrogen-bond acceptors (Lipinski definition) is 3. The Morgan fingerprint density at radius 2 is 1.79 bits per heavy atom. The number of benzene rings is 2. The molecular formula is C34H42N2O3. The number of rotatable bonds is 5. The Morgan fingerprint density at radius 1 is 1.03 bits per heavy atom. The standard InChI is InChI=1S/C34H42N2O3/c1-22-9-11-23(12-10-22)21-28(24-7-5-4-6-8-24)35-32(38)39-30-16-14-26-25-13-15-29-33(2,20-18-31(37)36-29)27(25)17-19-34(26,30)3/h4-12,15,25-28,30H,13-14,16-21H2,1-3H3,(H,35,38)(H,36,37)/t25-,26-,27-,28?,30-,33+,34-/m0/s1. The van der Waals surface area contributed by atoms with Crippen molar-refractivity contribution in [1.82, 2.24) is 10.6 Å². The van der Waals surface area contributed by atoms with Gasteiger partial charge < -0.3 is 15.4 Å². The molecular weight excluding hydrogens is 484 g/mol. The summed E-state index contributed by atoms with van der Waals surface area (Å²) in [5, 5.41) is 6.42. The lowest BCUT2D eigenvalue weighted by atomic mass is 9.50. The van der Waals surface area contributed by atoms with Crippen molar-refractivity contribution < 1.29 is 14.3 Å². The zero-order chi connectivity index (χ0) is 27.2. The monoisotopic (exact) mass is 526 g/mol. The first-order valence-corrected chi connectivity index (χ1v) is 14.8. The molecule has 5 nitrogen and oxygen atoms in total. The van der Waals surface area contributed by atoms with Crippen molar-refractivity contribution in [2.24, 2.45) is 28.6 Å². The molecule has 2 aromatic rings. The van der Waals surface area contributed by atoms with Gasteiger partial charge in [0, 0.05) is 22.9 Å². The Balaban J connectivity index is 1.16. The topological polar surface area (TPSA) is 67.4 Å². The van der Waals surface area contributed by atoms with Crippen molar-refractivity contribution in [2.75, 3.05) is 0 Å². The number of fused-ring (bicyclic) bond motifs is 5. The highest BCUT2D eigenvalue weighted by Gasteiger charge is 2.59. The van der Waals surface area contributed by atoms with Gasteiger partial charge in [-0.1, -0.05) is 80.1 Å². The first-order chi connectivity index (χ1) is 18.8. The van der Waals surface area contributed by atoms with Crippen molar-refractivity contribution in [3.8, 4) is 0 Å². The Morgan fingerprint density at radius 3 is 2.56 bits per heavy atom. The van der Waals surface area contributed by atoms with E-state index in [-0.39, 0.29) is 35.0 Å². The van der Waals surface area contributed by atoms with E-state index < -0.39 is 0 Å². The van der Waals surface area contributed by atoms with Gasteiger partial charge in [0.15, 0.2) is 0 Å². The van der Waals surface area contributed by atoms with E-state index in [4.69, 9.17) is 4.74 Å². The van der Waals surface area contributed by atoms with E-state index in [1.807, 2.05) is 18.2 Å². The van der Waals surface area contributed by atoms with E-state index in [0.29, 0.717) is 24.2 Å². The summed E-state index contributed by atoms with van der Waals surface area (Å²) in [5.41, 5.74) is 4.73. The van der Waals surface area contributed by atoms with E-state index >= 15 is 0 Å². The van der Waals surface area contributed by atoms with Crippen LogP contribution < -0.4 is 10.6 Å². The van der Waals surface area contributed by atoms with Gasteiger partial charge in [-0.25, -0.2) is 4.79 Å². The molecule has 7 atom stereocenters. The van der Waals surface area contributed by atoms with Crippen molar-refractivity contribution >= 4 is 12.0 Å². The van der Waals surface area contributed by atoms with Crippen LogP contribution in [0, 0.1) is 35.5 Å². The van der Waals surface area contributed by atoms with Gasteiger partial charge in [-0.15, -0.1) is 0 Å². The van der Waals surface area contributed by atoms with Gasteiger partial charge in [-0.05, 0) is 80.8 Å². The van der Waals surface area contributed by atoms with Gasteiger partial charge in [0.1, 0.15) is 6.10 Å². The smallest absolute Gasteiger partial charge is 0.407 e. The molecule has 3 aliphatic carbocycles. The summed E-state index contributed by atoms with van der Waals surface area (Å²) in [4.78, 5) is 25.5. The number of hydrogen-bond donors (Lipinski definition) is 2. The minimum Gasteiger partial charge on any atom is -0.446 e. The van der Waals surface area contributed by atoms with Gasteiger partial charge in [-0.3, -0.25) is 4.79 Å². The number of alkyl carbamates (subject to hydrolysis) is 1. The molecule has 1 aliphatic heterocycles. The second kappa shape index (κ2) is 10.1. The number of nitrogens with one attached hydrogen (secondary N) is 2. The number of carbonyl (C=O) groups is 2. The Kier molecular flexibility index (Phi) is 6.81. The van der Waals surface area contributed by atoms with E-state index in [9.17, 15) is 9.59 Å². The molecule has 0 bridgehead atoms. The predicted octanol–water partition coefficient (Wildman–Crippen LogP) is 7.02. The molecule has 2 N–H and O–H groups in total. The van der Waals surface area contributed by atoms with Crippen LogP contribution in [-0.4, -0.2) is 18.1 Å². The fourth-order valence-electron chi connectivity index (χ4n) is 8.54. The summed E-state index contributed by atoms with van der Waals surface area (Å²) in [6.07, 6.45) is 9.46. The lowest BCUT2D eigenvalue weighted by Gasteiger charge is -2.56. The first-order valence-electron chi connectivity index (χ1n) is 14.8. The lowest BCUT2D eigenvalue weighted by molar-refractivity contribution is -0.125. The fraction of sp³-hybridized carbons (Fsp3) is 0.529. The molecule has 2 saturated carbocycles. The third-order valence-electron chi connectivity index (χ3n) is 10.8. The van der Waals surface area contributed by atoms with Crippen LogP contribution in [0.5, 0.6) is 0 Å². The molecule has 2 aromatic carbocycles. The minimum atomic E-state index is -0.308. The van der Waals surface area contributed by atoms with Crippen LogP contribution >= 0.6 is 0 Å². The average Bonchev–Trinajstić information content (AvgIpc) is 3.26. The van der Waals surface area contributed by atoms with Crippen molar-refractivity contribution in [2.45, 2.75) is 84.3 Å². The summed E-state index contributed by atoms with van der Waals surface area (Å²) < 4.78 is 6.30. The summed E-state index contributed by atoms with van der Waals surface area (Å²) in [5.74, 6) is 1.87. The zero-order valence-corrected chi connectivity index (χ0v) is 23.5. The Labute approximate surface area is 232 Å². The van der Waals surface area contributed by atoms with Crippen LogP contribution in [0.25, 0.3) is 0 Å². The molecule has 206 valence electrons. The number of carbonyl (C=O) groups excluding carboxylic acids is 2. The highest BCUT2D eigenvalue weighted by atomic mass is 16.6. The molecule has 5 heteroatoms. The van der Waals surface area contributed by atoms with Crippen LogP contribution in [0.4, 0.5) is 4.79 Å². The van der Waals surface area contributed by atoms with Gasteiger partial charge in [0.2, 0.25) is 5.91 Å². The molecule has 6 rings (SSSR count). The third-order valence-corrected chi connectivity index (χ3v) is 10.8. The number of amides is 2. The number of aryl methyl sites for hydroxylation is 1. The first kappa shape index (κ1) is 26.2. The molecule has 1 unspecified atom stereocenters. The van der Waals surface area contributed by atoms with Crippen molar-refractivity contribution in [1.29, 1.82) is 0 Å². The molecule has 0 aromatic heterocycles. The van der Waals surface area contributed by atoms with E-state index in [2.05, 4.69) is 73.9 Å². The fourth-order valence-corrected chi connectivity index (χ4v) is 8.54. The molecule has 3 fully saturated rings. The maximum absolute atomic E-state index is 13.4. The molecule has 1 heterocycles.